The average molecular weight is 230 g/mol. The van der Waals surface area contributed by atoms with Gasteiger partial charge in [-0.1, -0.05) is 0 Å². The van der Waals surface area contributed by atoms with Crippen molar-refractivity contribution in [1.82, 2.24) is 0 Å². The third kappa shape index (κ3) is 6.20. The van der Waals surface area contributed by atoms with Crippen LogP contribution in [0.3, 0.4) is 0 Å². The van der Waals surface area contributed by atoms with Crippen molar-refractivity contribution in [2.24, 2.45) is 0 Å². The van der Waals surface area contributed by atoms with Gasteiger partial charge in [-0.05, 0) is 19.3 Å². The molecule has 0 saturated heterocycles. The molecule has 0 aromatic rings. The molecular weight excluding hydrogens is 208 g/mol. The van der Waals surface area contributed by atoms with Crippen LogP contribution in [0, 0.1) is 0 Å². The summed E-state index contributed by atoms with van der Waals surface area (Å²) < 4.78 is 15.8. The Kier molecular flexibility index (Phi) is 7.38. The zero-order valence-corrected chi connectivity index (χ0v) is 10.1. The van der Waals surface area contributed by atoms with Crippen LogP contribution in [0.1, 0.15) is 32.1 Å². The van der Waals surface area contributed by atoms with Crippen LogP contribution in [0.2, 0.25) is 0 Å². The third-order valence-electron chi connectivity index (χ3n) is 2.66. The average Bonchev–Trinajstić information content (AvgIpc) is 2.28. The third-order valence-corrected chi connectivity index (χ3v) is 2.66. The lowest BCUT2D eigenvalue weighted by Crippen LogP contribution is -2.23. The Morgan fingerprint density at radius 1 is 1.25 bits per heavy atom. The Labute approximate surface area is 97.2 Å². The molecule has 0 aromatic carbocycles. The fourth-order valence-electron chi connectivity index (χ4n) is 1.78. The summed E-state index contributed by atoms with van der Waals surface area (Å²) in [7, 11) is 1.66. The normalized spacial score (nSPS) is 21.3. The van der Waals surface area contributed by atoms with Crippen molar-refractivity contribution in [3.8, 4) is 0 Å². The number of ether oxygens (including phenoxy) is 3. The first kappa shape index (κ1) is 13.6. The number of rotatable bonds is 8. The number of hydrogen-bond acceptors (Lipinski definition) is 4. The molecule has 4 nitrogen and oxygen atoms in total. The van der Waals surface area contributed by atoms with Gasteiger partial charge in [0.05, 0.1) is 19.3 Å². The lowest BCUT2D eigenvalue weighted by atomic mass is 9.96. The summed E-state index contributed by atoms with van der Waals surface area (Å²) in [5.41, 5.74) is 0. The van der Waals surface area contributed by atoms with E-state index in [0.29, 0.717) is 38.6 Å². The van der Waals surface area contributed by atoms with Crippen LogP contribution >= 0.6 is 0 Å². The molecule has 1 atom stereocenters. The second-order valence-electron chi connectivity index (χ2n) is 4.09. The summed E-state index contributed by atoms with van der Waals surface area (Å²) in [5.74, 6) is 0.340. The Balaban J connectivity index is 1.88. The Morgan fingerprint density at radius 3 is 2.88 bits per heavy atom. The highest BCUT2D eigenvalue weighted by molar-refractivity contribution is 5.79. The van der Waals surface area contributed by atoms with Crippen molar-refractivity contribution in [3.05, 3.63) is 0 Å². The highest BCUT2D eigenvalue weighted by Crippen LogP contribution is 2.17. The van der Waals surface area contributed by atoms with Crippen molar-refractivity contribution in [1.29, 1.82) is 0 Å². The van der Waals surface area contributed by atoms with E-state index in [9.17, 15) is 4.79 Å². The molecule has 94 valence electrons. The molecule has 1 unspecified atom stereocenters. The quantitative estimate of drug-likeness (QED) is 0.594. The van der Waals surface area contributed by atoms with E-state index in [2.05, 4.69) is 0 Å². The number of methoxy groups -OCH3 is 1. The van der Waals surface area contributed by atoms with Crippen LogP contribution in [-0.2, 0) is 19.0 Å². The molecule has 1 saturated carbocycles. The molecule has 0 amide bonds. The molecule has 1 fully saturated rings. The second kappa shape index (κ2) is 8.67. The molecule has 1 aliphatic rings. The van der Waals surface area contributed by atoms with Gasteiger partial charge in [0, 0.05) is 33.2 Å². The maximum Gasteiger partial charge on any atom is 0.135 e. The maximum atomic E-state index is 11.2. The molecule has 1 rings (SSSR count). The first-order chi connectivity index (χ1) is 7.83. The summed E-state index contributed by atoms with van der Waals surface area (Å²) in [6, 6.07) is 0. The fraction of sp³-hybridized carbons (Fsp3) is 0.917. The van der Waals surface area contributed by atoms with Crippen LogP contribution < -0.4 is 0 Å². The van der Waals surface area contributed by atoms with Gasteiger partial charge in [0.1, 0.15) is 5.78 Å². The number of Topliss-reactive ketones (excluding diaryl/α,β-unsaturated/α-hetero) is 1. The highest BCUT2D eigenvalue weighted by atomic mass is 16.5. The van der Waals surface area contributed by atoms with Gasteiger partial charge in [-0.3, -0.25) is 4.79 Å². The van der Waals surface area contributed by atoms with Gasteiger partial charge in [0.15, 0.2) is 0 Å². The van der Waals surface area contributed by atoms with E-state index >= 15 is 0 Å². The topological polar surface area (TPSA) is 44.8 Å². The minimum Gasteiger partial charge on any atom is -0.382 e. The molecule has 1 aliphatic carbocycles. The number of carbonyl (C=O) groups is 1. The van der Waals surface area contributed by atoms with E-state index in [0.717, 1.165) is 25.7 Å². The van der Waals surface area contributed by atoms with E-state index < -0.39 is 0 Å². The second-order valence-corrected chi connectivity index (χ2v) is 4.09. The molecule has 0 spiro atoms. The zero-order valence-electron chi connectivity index (χ0n) is 10.1. The molecule has 0 bridgehead atoms. The maximum absolute atomic E-state index is 11.2. The Hall–Kier alpha value is -0.450. The van der Waals surface area contributed by atoms with Crippen molar-refractivity contribution >= 4 is 5.78 Å². The van der Waals surface area contributed by atoms with E-state index in [1.54, 1.807) is 7.11 Å². The zero-order chi connectivity index (χ0) is 11.6. The van der Waals surface area contributed by atoms with Gasteiger partial charge in [0.25, 0.3) is 0 Å². The van der Waals surface area contributed by atoms with E-state index in [1.807, 2.05) is 0 Å². The molecule has 0 radical (unpaired) electrons. The van der Waals surface area contributed by atoms with E-state index in [-0.39, 0.29) is 6.10 Å². The Bertz CT molecular complexity index is 193. The highest BCUT2D eigenvalue weighted by Gasteiger charge is 2.19. The van der Waals surface area contributed by atoms with Crippen molar-refractivity contribution in [2.45, 2.75) is 38.2 Å². The molecule has 0 aromatic heterocycles. The van der Waals surface area contributed by atoms with Crippen molar-refractivity contribution in [2.75, 3.05) is 33.5 Å². The van der Waals surface area contributed by atoms with Crippen LogP contribution in [0.4, 0.5) is 0 Å². The van der Waals surface area contributed by atoms with Gasteiger partial charge in [-0.2, -0.15) is 0 Å². The summed E-state index contributed by atoms with van der Waals surface area (Å²) in [6.45, 7) is 2.66. The van der Waals surface area contributed by atoms with Gasteiger partial charge < -0.3 is 14.2 Å². The predicted octanol–water partition coefficient (Wildman–Crippen LogP) is 1.57. The number of carbonyl (C=O) groups excluding carboxylic acids is 1. The summed E-state index contributed by atoms with van der Waals surface area (Å²) in [4.78, 5) is 11.2. The van der Waals surface area contributed by atoms with E-state index in [1.165, 1.54) is 0 Å². The van der Waals surface area contributed by atoms with Crippen LogP contribution in [0.25, 0.3) is 0 Å². The molecule has 0 N–H and O–H groups in total. The number of hydrogen-bond donors (Lipinski definition) is 0. The summed E-state index contributed by atoms with van der Waals surface area (Å²) in [5, 5.41) is 0. The molecule has 16 heavy (non-hydrogen) atoms. The lowest BCUT2D eigenvalue weighted by Gasteiger charge is -2.21. The summed E-state index contributed by atoms with van der Waals surface area (Å²) in [6.07, 6.45) is 4.38. The number of ketones is 1. The first-order valence-corrected chi connectivity index (χ1v) is 6.03. The van der Waals surface area contributed by atoms with Crippen LogP contribution in [0.5, 0.6) is 0 Å². The minimum atomic E-state index is 0.153. The summed E-state index contributed by atoms with van der Waals surface area (Å²) >= 11 is 0. The van der Waals surface area contributed by atoms with Gasteiger partial charge in [0.2, 0.25) is 0 Å². The Morgan fingerprint density at radius 2 is 2.12 bits per heavy atom. The molecule has 0 heterocycles. The largest absolute Gasteiger partial charge is 0.382 e. The van der Waals surface area contributed by atoms with Crippen LogP contribution in [0.15, 0.2) is 0 Å². The molecule has 4 heteroatoms. The minimum absolute atomic E-state index is 0.153. The molecule has 0 aliphatic heterocycles. The van der Waals surface area contributed by atoms with Gasteiger partial charge in [-0.15, -0.1) is 0 Å². The van der Waals surface area contributed by atoms with E-state index in [4.69, 9.17) is 14.2 Å². The monoisotopic (exact) mass is 230 g/mol. The van der Waals surface area contributed by atoms with Crippen LogP contribution in [-0.4, -0.2) is 45.4 Å². The van der Waals surface area contributed by atoms with Gasteiger partial charge in [-0.25, -0.2) is 0 Å². The molecular formula is C12H22O4. The predicted molar refractivity (Wildman–Crippen MR) is 60.5 cm³/mol. The lowest BCUT2D eigenvalue weighted by molar-refractivity contribution is -0.124. The van der Waals surface area contributed by atoms with Crippen molar-refractivity contribution in [3.63, 3.8) is 0 Å². The first-order valence-electron chi connectivity index (χ1n) is 6.03. The fourth-order valence-corrected chi connectivity index (χ4v) is 1.78. The smallest absolute Gasteiger partial charge is 0.135 e. The SMILES string of the molecule is COCCOCCCOC1CCCC(=O)C1. The standard InChI is InChI=1S/C12H22O4/c1-14-8-9-15-6-3-7-16-12-5-2-4-11(13)10-12/h12H,2-10H2,1H3. The van der Waals surface area contributed by atoms with Gasteiger partial charge >= 0.3 is 0 Å². The van der Waals surface area contributed by atoms with Crippen molar-refractivity contribution < 1.29 is 19.0 Å².